The summed E-state index contributed by atoms with van der Waals surface area (Å²) in [7, 11) is 0. The van der Waals surface area contributed by atoms with Crippen LogP contribution in [0.4, 0.5) is 0 Å². The number of carbonyl (C=O) groups excluding carboxylic acids is 1. The molecular formula is C18H21N5OS. The van der Waals surface area contributed by atoms with Crippen LogP contribution < -0.4 is 5.32 Å². The molecular weight excluding hydrogens is 334 g/mol. The SMILES string of the molecule is Cc1ncsc1-c1nc2ccccc2n1CC(=O)N1CCNC(C)C1. The van der Waals surface area contributed by atoms with E-state index >= 15 is 0 Å². The highest BCUT2D eigenvalue weighted by Crippen LogP contribution is 2.30. The summed E-state index contributed by atoms with van der Waals surface area (Å²) in [5.74, 6) is 0.970. The number of imidazole rings is 1. The first-order valence-corrected chi connectivity index (χ1v) is 9.38. The fourth-order valence-electron chi connectivity index (χ4n) is 3.32. The van der Waals surface area contributed by atoms with Gasteiger partial charge in [0, 0.05) is 25.7 Å². The minimum atomic E-state index is 0.139. The second kappa shape index (κ2) is 6.57. The monoisotopic (exact) mass is 355 g/mol. The lowest BCUT2D eigenvalue weighted by Crippen LogP contribution is -2.52. The molecule has 1 atom stereocenters. The molecule has 0 radical (unpaired) electrons. The Morgan fingerprint density at radius 2 is 2.24 bits per heavy atom. The minimum absolute atomic E-state index is 0.139. The molecule has 0 aliphatic carbocycles. The fourth-order valence-corrected chi connectivity index (χ4v) is 4.12. The highest BCUT2D eigenvalue weighted by molar-refractivity contribution is 7.13. The number of carbonyl (C=O) groups is 1. The molecule has 1 amide bonds. The molecule has 1 unspecified atom stereocenters. The van der Waals surface area contributed by atoms with Gasteiger partial charge in [-0.25, -0.2) is 9.97 Å². The molecule has 1 saturated heterocycles. The highest BCUT2D eigenvalue weighted by atomic mass is 32.1. The standard InChI is InChI=1S/C18H21N5OS/c1-12-9-22(8-7-19-12)16(24)10-23-15-6-4-3-5-14(15)21-18(23)17-13(2)20-11-25-17/h3-6,11-12,19H,7-10H2,1-2H3. The first kappa shape index (κ1) is 16.2. The predicted molar refractivity (Wildman–Crippen MR) is 99.6 cm³/mol. The van der Waals surface area contributed by atoms with Crippen LogP contribution in [-0.4, -0.2) is 51.0 Å². The van der Waals surface area contributed by atoms with Gasteiger partial charge in [0.05, 0.1) is 27.1 Å². The number of nitrogens with one attached hydrogen (secondary N) is 1. The number of hydrogen-bond acceptors (Lipinski definition) is 5. The number of para-hydroxylation sites is 2. The van der Waals surface area contributed by atoms with Crippen LogP contribution in [-0.2, 0) is 11.3 Å². The zero-order chi connectivity index (χ0) is 17.4. The number of piperazine rings is 1. The number of thiazole rings is 1. The lowest BCUT2D eigenvalue weighted by atomic mass is 10.2. The van der Waals surface area contributed by atoms with Gasteiger partial charge < -0.3 is 14.8 Å². The molecule has 1 aliphatic heterocycles. The van der Waals surface area contributed by atoms with Crippen molar-refractivity contribution in [2.75, 3.05) is 19.6 Å². The average Bonchev–Trinajstić information content (AvgIpc) is 3.18. The molecule has 0 bridgehead atoms. The largest absolute Gasteiger partial charge is 0.338 e. The summed E-state index contributed by atoms with van der Waals surface area (Å²) in [6.45, 7) is 6.75. The van der Waals surface area contributed by atoms with Gasteiger partial charge in [0.15, 0.2) is 5.82 Å². The number of aromatic nitrogens is 3. The van der Waals surface area contributed by atoms with E-state index in [2.05, 4.69) is 17.2 Å². The molecule has 1 N–H and O–H groups in total. The van der Waals surface area contributed by atoms with Gasteiger partial charge in [0.2, 0.25) is 5.91 Å². The smallest absolute Gasteiger partial charge is 0.242 e. The number of aryl methyl sites for hydroxylation is 1. The lowest BCUT2D eigenvalue weighted by Gasteiger charge is -2.32. The van der Waals surface area contributed by atoms with Crippen LogP contribution in [0.15, 0.2) is 29.8 Å². The third-order valence-electron chi connectivity index (χ3n) is 4.62. The van der Waals surface area contributed by atoms with Gasteiger partial charge in [0.1, 0.15) is 6.54 Å². The van der Waals surface area contributed by atoms with Crippen molar-refractivity contribution in [2.24, 2.45) is 0 Å². The Balaban J connectivity index is 1.73. The topological polar surface area (TPSA) is 63.1 Å². The van der Waals surface area contributed by atoms with Gasteiger partial charge in [-0.3, -0.25) is 4.79 Å². The predicted octanol–water partition coefficient (Wildman–Crippen LogP) is 2.29. The number of rotatable bonds is 3. The molecule has 25 heavy (non-hydrogen) atoms. The summed E-state index contributed by atoms with van der Waals surface area (Å²) in [4.78, 5) is 25.0. The van der Waals surface area contributed by atoms with Crippen LogP contribution in [0.2, 0.25) is 0 Å². The summed E-state index contributed by atoms with van der Waals surface area (Å²) in [5, 5.41) is 3.38. The summed E-state index contributed by atoms with van der Waals surface area (Å²) in [6, 6.07) is 8.31. The van der Waals surface area contributed by atoms with Gasteiger partial charge in [-0.1, -0.05) is 12.1 Å². The zero-order valence-corrected chi connectivity index (χ0v) is 15.2. The molecule has 6 nitrogen and oxygen atoms in total. The van der Waals surface area contributed by atoms with Crippen LogP contribution in [0.1, 0.15) is 12.6 Å². The third-order valence-corrected chi connectivity index (χ3v) is 5.54. The molecule has 130 valence electrons. The molecule has 1 aromatic carbocycles. The third kappa shape index (κ3) is 3.05. The van der Waals surface area contributed by atoms with E-state index in [1.165, 1.54) is 0 Å². The Bertz CT molecular complexity index is 915. The molecule has 3 heterocycles. The quantitative estimate of drug-likeness (QED) is 0.783. The number of benzene rings is 1. The summed E-state index contributed by atoms with van der Waals surface area (Å²) in [5.41, 5.74) is 4.67. The molecule has 0 saturated carbocycles. The van der Waals surface area contributed by atoms with E-state index in [0.29, 0.717) is 12.6 Å². The van der Waals surface area contributed by atoms with E-state index in [0.717, 1.165) is 47.1 Å². The van der Waals surface area contributed by atoms with Gasteiger partial charge in [-0.05, 0) is 26.0 Å². The van der Waals surface area contributed by atoms with Gasteiger partial charge in [-0.15, -0.1) is 11.3 Å². The molecule has 1 fully saturated rings. The minimum Gasteiger partial charge on any atom is -0.338 e. The van der Waals surface area contributed by atoms with Crippen molar-refractivity contribution in [2.45, 2.75) is 26.4 Å². The maximum Gasteiger partial charge on any atom is 0.242 e. The van der Waals surface area contributed by atoms with Gasteiger partial charge in [0.25, 0.3) is 0 Å². The second-order valence-corrected chi connectivity index (χ2v) is 7.33. The maximum absolute atomic E-state index is 12.9. The summed E-state index contributed by atoms with van der Waals surface area (Å²) in [6.07, 6.45) is 0. The van der Waals surface area contributed by atoms with Crippen LogP contribution in [0, 0.1) is 6.92 Å². The zero-order valence-electron chi connectivity index (χ0n) is 14.4. The lowest BCUT2D eigenvalue weighted by molar-refractivity contribution is -0.132. The number of hydrogen-bond donors (Lipinski definition) is 1. The molecule has 2 aromatic heterocycles. The van der Waals surface area contributed by atoms with Gasteiger partial charge >= 0.3 is 0 Å². The Kier molecular flexibility index (Phi) is 4.27. The van der Waals surface area contributed by atoms with Crippen LogP contribution in [0.5, 0.6) is 0 Å². The van der Waals surface area contributed by atoms with E-state index in [1.807, 2.05) is 46.2 Å². The van der Waals surface area contributed by atoms with E-state index in [9.17, 15) is 4.79 Å². The van der Waals surface area contributed by atoms with Crippen LogP contribution in [0.25, 0.3) is 21.7 Å². The van der Waals surface area contributed by atoms with Crippen molar-refractivity contribution in [3.63, 3.8) is 0 Å². The highest BCUT2D eigenvalue weighted by Gasteiger charge is 2.23. The van der Waals surface area contributed by atoms with Crippen molar-refractivity contribution in [1.82, 2.24) is 24.8 Å². The van der Waals surface area contributed by atoms with Gasteiger partial charge in [-0.2, -0.15) is 0 Å². The molecule has 3 aromatic rings. The normalized spacial score (nSPS) is 18.0. The van der Waals surface area contributed by atoms with Crippen LogP contribution in [0.3, 0.4) is 0 Å². The van der Waals surface area contributed by atoms with E-state index in [4.69, 9.17) is 4.98 Å². The summed E-state index contributed by atoms with van der Waals surface area (Å²) < 4.78 is 2.03. The molecule has 7 heteroatoms. The maximum atomic E-state index is 12.9. The fraction of sp³-hybridized carbons (Fsp3) is 0.389. The number of fused-ring (bicyclic) bond motifs is 1. The van der Waals surface area contributed by atoms with Crippen molar-refractivity contribution >= 4 is 28.3 Å². The second-order valence-electron chi connectivity index (χ2n) is 6.47. The Morgan fingerprint density at radius 1 is 1.40 bits per heavy atom. The first-order chi connectivity index (χ1) is 12.1. The van der Waals surface area contributed by atoms with E-state index in [-0.39, 0.29) is 5.91 Å². The Hall–Kier alpha value is -2.25. The molecule has 1 aliphatic rings. The van der Waals surface area contributed by atoms with Crippen molar-refractivity contribution < 1.29 is 4.79 Å². The first-order valence-electron chi connectivity index (χ1n) is 8.50. The average molecular weight is 355 g/mol. The molecule has 0 spiro atoms. The molecule has 4 rings (SSSR count). The van der Waals surface area contributed by atoms with E-state index < -0.39 is 0 Å². The van der Waals surface area contributed by atoms with Crippen molar-refractivity contribution in [1.29, 1.82) is 0 Å². The number of amides is 1. The Morgan fingerprint density at radius 3 is 3.00 bits per heavy atom. The van der Waals surface area contributed by atoms with Crippen LogP contribution >= 0.6 is 11.3 Å². The number of nitrogens with zero attached hydrogens (tertiary/aromatic N) is 4. The summed E-state index contributed by atoms with van der Waals surface area (Å²) >= 11 is 1.57. The van der Waals surface area contributed by atoms with Crippen molar-refractivity contribution in [3.05, 3.63) is 35.5 Å². The van der Waals surface area contributed by atoms with Crippen molar-refractivity contribution in [3.8, 4) is 10.7 Å². The Labute approximate surface area is 150 Å². The van der Waals surface area contributed by atoms with E-state index in [1.54, 1.807) is 11.3 Å².